The van der Waals surface area contributed by atoms with Crippen molar-refractivity contribution in [2.45, 2.75) is 37.8 Å². The van der Waals surface area contributed by atoms with Crippen molar-refractivity contribution in [1.82, 2.24) is 15.5 Å². The zero-order chi connectivity index (χ0) is 20.4. The van der Waals surface area contributed by atoms with Crippen molar-refractivity contribution < 1.29 is 33.8 Å². The highest BCUT2D eigenvalue weighted by Gasteiger charge is 2.26. The van der Waals surface area contributed by atoms with Gasteiger partial charge in [0.25, 0.3) is 0 Å². The maximum absolute atomic E-state index is 10.4. The second-order valence-corrected chi connectivity index (χ2v) is 6.00. The van der Waals surface area contributed by atoms with Gasteiger partial charge in [-0.15, -0.1) is 0 Å². The highest BCUT2D eigenvalue weighted by molar-refractivity contribution is 5.89. The Bertz CT molecular complexity index is 541. The van der Waals surface area contributed by atoms with E-state index in [1.807, 2.05) is 0 Å². The van der Waals surface area contributed by atoms with Crippen LogP contribution in [0.3, 0.4) is 0 Å². The first-order valence-electron chi connectivity index (χ1n) is 8.43. The molecule has 3 rings (SSSR count). The number of rotatable bonds is 2. The maximum atomic E-state index is 10.4. The molecule has 3 aliphatic heterocycles. The number of nitrogens with zero attached hydrogens (tertiary/aromatic N) is 1. The van der Waals surface area contributed by atoms with Crippen LogP contribution in [0.4, 0.5) is 4.79 Å². The fourth-order valence-electron chi connectivity index (χ4n) is 2.41. The summed E-state index contributed by atoms with van der Waals surface area (Å²) in [5, 5.41) is 13.1. The van der Waals surface area contributed by atoms with E-state index in [1.165, 1.54) is 0 Å². The number of hydrogen-bond donors (Lipinski definition) is 5. The standard InChI is InChI=1S/C5H10N2O2.C5H8N2O2.C5H7NO3/c6-5(8)7-1-3-9-4-2-7;6-5(9)3-1-2-4(8)7-3;7-4-2-1-3(6-4)5(8)9/h1-4H2,(H2,6,8);3H,1-2H2,(H2,6,9)(H,7,8);3H,1-2H2,(H,6,7)(H,8,9)/t;;3-/m..0/s1. The number of nitrogens with two attached hydrogens (primary N) is 2. The Morgan fingerprint density at radius 2 is 1.44 bits per heavy atom. The van der Waals surface area contributed by atoms with Crippen LogP contribution < -0.4 is 22.1 Å². The topological polar surface area (TPSA) is 194 Å². The van der Waals surface area contributed by atoms with Crippen LogP contribution in [0.2, 0.25) is 0 Å². The van der Waals surface area contributed by atoms with E-state index in [-0.39, 0.29) is 17.8 Å². The van der Waals surface area contributed by atoms with Crippen molar-refractivity contribution in [3.63, 3.8) is 0 Å². The van der Waals surface area contributed by atoms with E-state index in [4.69, 9.17) is 21.3 Å². The van der Waals surface area contributed by atoms with Crippen LogP contribution in [0, 0.1) is 0 Å². The molecule has 0 radical (unpaired) electrons. The first kappa shape index (κ1) is 22.2. The minimum atomic E-state index is -0.944. The van der Waals surface area contributed by atoms with Gasteiger partial charge in [0.1, 0.15) is 12.1 Å². The van der Waals surface area contributed by atoms with Crippen molar-refractivity contribution in [2.24, 2.45) is 11.5 Å². The Labute approximate surface area is 155 Å². The van der Waals surface area contributed by atoms with Gasteiger partial charge in [-0.2, -0.15) is 0 Å². The maximum Gasteiger partial charge on any atom is 0.326 e. The van der Waals surface area contributed by atoms with Crippen molar-refractivity contribution in [1.29, 1.82) is 0 Å². The first-order valence-corrected chi connectivity index (χ1v) is 8.43. The fourth-order valence-corrected chi connectivity index (χ4v) is 2.41. The molecule has 0 saturated carbocycles. The summed E-state index contributed by atoms with van der Waals surface area (Å²) in [5.41, 5.74) is 9.90. The molecule has 12 heteroatoms. The molecule has 0 aromatic rings. The molecule has 152 valence electrons. The smallest absolute Gasteiger partial charge is 0.326 e. The van der Waals surface area contributed by atoms with Gasteiger partial charge in [0.2, 0.25) is 17.7 Å². The second-order valence-electron chi connectivity index (χ2n) is 6.00. The molecule has 0 aromatic carbocycles. The van der Waals surface area contributed by atoms with Crippen molar-refractivity contribution in [2.75, 3.05) is 26.3 Å². The lowest BCUT2D eigenvalue weighted by Gasteiger charge is -2.24. The van der Waals surface area contributed by atoms with E-state index in [0.29, 0.717) is 52.0 Å². The Hall–Kier alpha value is -2.89. The van der Waals surface area contributed by atoms with Gasteiger partial charge in [0.05, 0.1) is 13.2 Å². The predicted molar refractivity (Wildman–Crippen MR) is 91.1 cm³/mol. The molecule has 3 heterocycles. The monoisotopic (exact) mass is 387 g/mol. The van der Waals surface area contributed by atoms with Crippen LogP contribution >= 0.6 is 0 Å². The normalized spacial score (nSPS) is 23.8. The molecule has 0 bridgehead atoms. The van der Waals surface area contributed by atoms with Gasteiger partial charge in [-0.05, 0) is 12.8 Å². The molecule has 12 nitrogen and oxygen atoms in total. The summed E-state index contributed by atoms with van der Waals surface area (Å²) in [6.07, 6.45) is 1.74. The van der Waals surface area contributed by atoms with Gasteiger partial charge in [-0.25, -0.2) is 9.59 Å². The average Bonchev–Trinajstić information content (AvgIpc) is 3.25. The van der Waals surface area contributed by atoms with Gasteiger partial charge in [0.15, 0.2) is 0 Å². The summed E-state index contributed by atoms with van der Waals surface area (Å²) in [6.45, 7) is 2.50. The summed E-state index contributed by atoms with van der Waals surface area (Å²) in [5.74, 6) is -1.64. The highest BCUT2D eigenvalue weighted by atomic mass is 16.5. The van der Waals surface area contributed by atoms with Crippen molar-refractivity contribution >= 4 is 29.7 Å². The zero-order valence-corrected chi connectivity index (χ0v) is 14.8. The molecule has 0 spiro atoms. The molecule has 3 saturated heterocycles. The fraction of sp³-hybridized carbons (Fsp3) is 0.667. The zero-order valence-electron chi connectivity index (χ0n) is 14.8. The summed E-state index contributed by atoms with van der Waals surface area (Å²) < 4.78 is 5.00. The Kier molecular flexibility index (Phi) is 8.99. The molecule has 0 aliphatic carbocycles. The second kappa shape index (κ2) is 11.0. The predicted octanol–water partition coefficient (Wildman–Crippen LogP) is -2.50. The number of primary amides is 2. The number of hydrogen-bond acceptors (Lipinski definition) is 6. The number of carbonyl (C=O) groups is 5. The van der Waals surface area contributed by atoms with Gasteiger partial charge in [0, 0.05) is 25.9 Å². The number of carboxylic acid groups (broad SMARTS) is 1. The van der Waals surface area contributed by atoms with E-state index in [1.54, 1.807) is 4.90 Å². The third-order valence-corrected chi connectivity index (χ3v) is 3.95. The molecule has 7 N–H and O–H groups in total. The van der Waals surface area contributed by atoms with Crippen LogP contribution in [-0.2, 0) is 23.9 Å². The Balaban J connectivity index is 0.000000202. The van der Waals surface area contributed by atoms with E-state index < -0.39 is 24.0 Å². The van der Waals surface area contributed by atoms with Crippen molar-refractivity contribution in [3.8, 4) is 0 Å². The first-order chi connectivity index (χ1) is 12.7. The third-order valence-electron chi connectivity index (χ3n) is 3.95. The lowest BCUT2D eigenvalue weighted by Crippen LogP contribution is -2.43. The summed E-state index contributed by atoms with van der Waals surface area (Å²) >= 11 is 0. The minimum absolute atomic E-state index is 0.0844. The van der Waals surface area contributed by atoms with Crippen LogP contribution in [-0.4, -0.2) is 78.1 Å². The Morgan fingerprint density at radius 3 is 1.67 bits per heavy atom. The number of aliphatic carboxylic acids is 1. The lowest BCUT2D eigenvalue weighted by molar-refractivity contribution is -0.140. The van der Waals surface area contributed by atoms with Gasteiger partial charge < -0.3 is 36.8 Å². The van der Waals surface area contributed by atoms with Crippen LogP contribution in [0.25, 0.3) is 0 Å². The molecular formula is C15H25N5O7. The lowest BCUT2D eigenvalue weighted by atomic mass is 10.2. The molecule has 2 atom stereocenters. The minimum Gasteiger partial charge on any atom is -0.480 e. The molecular weight excluding hydrogens is 362 g/mol. The molecule has 27 heavy (non-hydrogen) atoms. The Morgan fingerprint density at radius 1 is 0.963 bits per heavy atom. The largest absolute Gasteiger partial charge is 0.480 e. The van der Waals surface area contributed by atoms with Crippen LogP contribution in [0.5, 0.6) is 0 Å². The number of carboxylic acids is 1. The summed E-state index contributed by atoms with van der Waals surface area (Å²) in [6, 6.07) is -1.41. The van der Waals surface area contributed by atoms with Gasteiger partial charge in [-0.3, -0.25) is 14.4 Å². The SMILES string of the molecule is NC(=O)C1CCC(=O)N1.NC(=O)N1CCOCC1.O=C1CC[C@@H](C(=O)O)N1. The quantitative estimate of drug-likeness (QED) is 0.345. The number of urea groups is 1. The van der Waals surface area contributed by atoms with Gasteiger partial charge >= 0.3 is 12.0 Å². The molecule has 3 fully saturated rings. The number of amides is 5. The number of carbonyl (C=O) groups excluding carboxylic acids is 4. The van der Waals surface area contributed by atoms with E-state index in [0.717, 1.165) is 0 Å². The highest BCUT2D eigenvalue weighted by Crippen LogP contribution is 2.05. The van der Waals surface area contributed by atoms with E-state index in [2.05, 4.69) is 10.6 Å². The van der Waals surface area contributed by atoms with Gasteiger partial charge in [-0.1, -0.05) is 0 Å². The summed E-state index contributed by atoms with van der Waals surface area (Å²) in [4.78, 5) is 53.3. The number of ether oxygens (including phenoxy) is 1. The summed E-state index contributed by atoms with van der Waals surface area (Å²) in [7, 11) is 0. The van der Waals surface area contributed by atoms with Crippen molar-refractivity contribution in [3.05, 3.63) is 0 Å². The molecule has 3 aliphatic rings. The number of nitrogens with one attached hydrogen (secondary N) is 2. The number of morpholine rings is 1. The van der Waals surface area contributed by atoms with E-state index in [9.17, 15) is 24.0 Å². The van der Waals surface area contributed by atoms with Crippen LogP contribution in [0.1, 0.15) is 25.7 Å². The van der Waals surface area contributed by atoms with Crippen LogP contribution in [0.15, 0.2) is 0 Å². The average molecular weight is 387 g/mol. The third kappa shape index (κ3) is 8.35. The molecule has 5 amide bonds. The molecule has 1 unspecified atom stereocenters. The van der Waals surface area contributed by atoms with E-state index >= 15 is 0 Å². The molecule has 0 aromatic heterocycles.